The molecule has 2 atom stereocenters. The summed E-state index contributed by atoms with van der Waals surface area (Å²) >= 11 is 0. The van der Waals surface area contributed by atoms with Crippen molar-refractivity contribution < 1.29 is 32.6 Å². The monoisotopic (exact) mass is 359 g/mol. The number of methoxy groups -OCH3 is 1. The number of halogens is 3. The minimum Gasteiger partial charge on any atom is -0.467 e. The molecule has 1 rings (SSSR count). The molecule has 0 saturated heterocycles. The molecule has 0 radical (unpaired) electrons. The first-order valence-corrected chi connectivity index (χ1v) is 7.43. The van der Waals surface area contributed by atoms with Crippen LogP contribution in [0, 0.1) is 0 Å². The van der Waals surface area contributed by atoms with Crippen LogP contribution >= 0.6 is 0 Å². The van der Waals surface area contributed by atoms with Crippen LogP contribution in [0.4, 0.5) is 13.2 Å². The maximum Gasteiger partial charge on any atom is 0.416 e. The number of alkyl halides is 3. The van der Waals surface area contributed by atoms with Gasteiger partial charge in [-0.25, -0.2) is 4.79 Å². The Morgan fingerprint density at radius 1 is 1.24 bits per heavy atom. The van der Waals surface area contributed by atoms with E-state index in [1.807, 2.05) is 13.8 Å². The Morgan fingerprint density at radius 2 is 1.80 bits per heavy atom. The number of ether oxygens (including phenoxy) is 1. The summed E-state index contributed by atoms with van der Waals surface area (Å²) in [5.41, 5.74) is 0.0163. The summed E-state index contributed by atoms with van der Waals surface area (Å²) in [4.78, 5) is 23.8. The van der Waals surface area contributed by atoms with Crippen LogP contribution < -0.4 is 5.32 Å². The maximum absolute atomic E-state index is 12.5. The number of hydrogen-bond donors (Lipinski definition) is 2. The van der Waals surface area contributed by atoms with E-state index in [-0.39, 0.29) is 12.0 Å². The number of carbonyl (C=O) groups excluding carboxylic acids is 2. The fourth-order valence-corrected chi connectivity index (χ4v) is 1.97. The van der Waals surface area contributed by atoms with Crippen LogP contribution in [0.2, 0.25) is 0 Å². The van der Waals surface area contributed by atoms with Gasteiger partial charge in [-0.1, -0.05) is 23.8 Å². The van der Waals surface area contributed by atoms with Gasteiger partial charge in [0.25, 0.3) is 5.91 Å². The molecule has 0 aliphatic carbocycles. The highest BCUT2D eigenvalue weighted by molar-refractivity contribution is 5.87. The number of benzene rings is 1. The normalized spacial score (nSPS) is 13.6. The SMILES string of the molecule is COC(=O)[C@@H](CC=C(C)C)NC(=O)[C@H](O)c1ccc(C(F)(F)F)cc1. The van der Waals surface area contributed by atoms with Crippen molar-refractivity contribution >= 4 is 11.9 Å². The van der Waals surface area contributed by atoms with Gasteiger partial charge in [-0.15, -0.1) is 0 Å². The highest BCUT2D eigenvalue weighted by Crippen LogP contribution is 2.30. The summed E-state index contributed by atoms with van der Waals surface area (Å²) in [5.74, 6) is -1.59. The number of nitrogens with one attached hydrogen (secondary N) is 1. The smallest absolute Gasteiger partial charge is 0.416 e. The van der Waals surface area contributed by atoms with Crippen molar-refractivity contribution in [2.24, 2.45) is 0 Å². The number of aliphatic hydroxyl groups excluding tert-OH is 1. The van der Waals surface area contributed by atoms with Gasteiger partial charge in [0.15, 0.2) is 6.10 Å². The Bertz CT molecular complexity index is 634. The Kier molecular flexibility index (Phi) is 7.17. The van der Waals surface area contributed by atoms with Crippen molar-refractivity contribution in [2.75, 3.05) is 7.11 Å². The van der Waals surface area contributed by atoms with E-state index in [2.05, 4.69) is 10.1 Å². The van der Waals surface area contributed by atoms with Gasteiger partial charge in [0.2, 0.25) is 0 Å². The molecule has 1 aromatic carbocycles. The average molecular weight is 359 g/mol. The Hall–Kier alpha value is -2.35. The lowest BCUT2D eigenvalue weighted by atomic mass is 10.1. The topological polar surface area (TPSA) is 75.6 Å². The maximum atomic E-state index is 12.5. The van der Waals surface area contributed by atoms with E-state index in [1.54, 1.807) is 6.08 Å². The molecule has 0 aliphatic heterocycles. The van der Waals surface area contributed by atoms with Crippen LogP contribution in [0.5, 0.6) is 0 Å². The first-order chi connectivity index (χ1) is 11.6. The number of aliphatic hydroxyl groups is 1. The second kappa shape index (κ2) is 8.66. The van der Waals surface area contributed by atoms with E-state index in [0.29, 0.717) is 0 Å². The molecule has 0 bridgehead atoms. The van der Waals surface area contributed by atoms with Crippen molar-refractivity contribution in [3.63, 3.8) is 0 Å². The summed E-state index contributed by atoms with van der Waals surface area (Å²) in [6, 6.07) is 2.56. The van der Waals surface area contributed by atoms with Crippen molar-refractivity contribution in [3.8, 4) is 0 Å². The second-order valence-electron chi connectivity index (χ2n) is 5.62. The number of allylic oxidation sites excluding steroid dienone is 1. The van der Waals surface area contributed by atoms with Gasteiger partial charge in [0.05, 0.1) is 12.7 Å². The highest BCUT2D eigenvalue weighted by atomic mass is 19.4. The second-order valence-corrected chi connectivity index (χ2v) is 5.62. The number of amides is 1. The van der Waals surface area contributed by atoms with Crippen LogP contribution in [0.15, 0.2) is 35.9 Å². The molecule has 8 heteroatoms. The van der Waals surface area contributed by atoms with Gasteiger partial charge < -0.3 is 15.2 Å². The molecule has 25 heavy (non-hydrogen) atoms. The van der Waals surface area contributed by atoms with Crippen molar-refractivity contribution in [1.82, 2.24) is 5.32 Å². The summed E-state index contributed by atoms with van der Waals surface area (Å²) < 4.78 is 42.2. The first-order valence-electron chi connectivity index (χ1n) is 7.43. The lowest BCUT2D eigenvalue weighted by Gasteiger charge is -2.18. The zero-order chi connectivity index (χ0) is 19.2. The fraction of sp³-hybridized carbons (Fsp3) is 0.412. The van der Waals surface area contributed by atoms with Gasteiger partial charge >= 0.3 is 12.1 Å². The van der Waals surface area contributed by atoms with E-state index in [9.17, 15) is 27.9 Å². The van der Waals surface area contributed by atoms with Crippen LogP contribution in [0.25, 0.3) is 0 Å². The predicted molar refractivity (Wildman–Crippen MR) is 84.4 cm³/mol. The number of esters is 1. The molecule has 0 fully saturated rings. The van der Waals surface area contributed by atoms with Crippen molar-refractivity contribution in [1.29, 1.82) is 0 Å². The van der Waals surface area contributed by atoms with Crippen LogP contribution in [0.3, 0.4) is 0 Å². The molecule has 0 heterocycles. The van der Waals surface area contributed by atoms with Gasteiger partial charge in [0, 0.05) is 0 Å². The van der Waals surface area contributed by atoms with Crippen LogP contribution in [-0.4, -0.2) is 30.1 Å². The number of hydrogen-bond acceptors (Lipinski definition) is 4. The van der Waals surface area contributed by atoms with Gasteiger partial charge in [0.1, 0.15) is 6.04 Å². The largest absolute Gasteiger partial charge is 0.467 e. The molecular formula is C17H20F3NO4. The molecule has 0 saturated carbocycles. The molecule has 0 aromatic heterocycles. The van der Waals surface area contributed by atoms with Crippen LogP contribution in [-0.2, 0) is 20.5 Å². The van der Waals surface area contributed by atoms with Gasteiger partial charge in [-0.2, -0.15) is 13.2 Å². The minimum absolute atomic E-state index is 0.0173. The van der Waals surface area contributed by atoms with E-state index in [0.717, 1.165) is 36.9 Å². The average Bonchev–Trinajstić information content (AvgIpc) is 2.56. The number of rotatable bonds is 6. The van der Waals surface area contributed by atoms with Crippen molar-refractivity contribution in [2.45, 2.75) is 38.6 Å². The summed E-state index contributed by atoms with van der Waals surface area (Å²) in [5, 5.41) is 12.3. The Balaban J connectivity index is 2.86. The zero-order valence-electron chi connectivity index (χ0n) is 14.1. The third-order valence-electron chi connectivity index (χ3n) is 3.37. The lowest BCUT2D eigenvalue weighted by Crippen LogP contribution is -2.43. The quantitative estimate of drug-likeness (QED) is 0.605. The van der Waals surface area contributed by atoms with Gasteiger partial charge in [-0.05, 0) is 38.0 Å². The molecule has 1 aromatic rings. The lowest BCUT2D eigenvalue weighted by molar-refractivity contribution is -0.146. The Labute approximate surface area is 143 Å². The fourth-order valence-electron chi connectivity index (χ4n) is 1.97. The zero-order valence-corrected chi connectivity index (χ0v) is 14.1. The Morgan fingerprint density at radius 3 is 2.24 bits per heavy atom. The summed E-state index contributed by atoms with van der Waals surface area (Å²) in [6.45, 7) is 3.63. The molecule has 0 spiro atoms. The molecule has 138 valence electrons. The third kappa shape index (κ3) is 6.22. The molecule has 0 aliphatic rings. The number of carbonyl (C=O) groups is 2. The van der Waals surface area contributed by atoms with Gasteiger partial charge in [-0.3, -0.25) is 4.79 Å². The predicted octanol–water partition coefficient (Wildman–Crippen LogP) is 2.75. The molecular weight excluding hydrogens is 339 g/mol. The standard InChI is InChI=1S/C17H20F3NO4/c1-10(2)4-9-13(16(24)25-3)21-15(23)14(22)11-5-7-12(8-6-11)17(18,19)20/h4-8,13-14,22H,9H2,1-3H3,(H,21,23)/t13-,14-/m1/s1. The highest BCUT2D eigenvalue weighted by Gasteiger charge is 2.31. The minimum atomic E-state index is -4.51. The molecule has 2 N–H and O–H groups in total. The summed E-state index contributed by atoms with van der Waals surface area (Å²) in [7, 11) is 1.16. The van der Waals surface area contributed by atoms with E-state index in [4.69, 9.17) is 0 Å². The third-order valence-corrected chi connectivity index (χ3v) is 3.37. The van der Waals surface area contributed by atoms with E-state index < -0.39 is 35.8 Å². The van der Waals surface area contributed by atoms with Crippen LogP contribution in [0.1, 0.15) is 37.5 Å². The first kappa shape index (κ1) is 20.7. The van der Waals surface area contributed by atoms with E-state index in [1.165, 1.54) is 0 Å². The summed E-state index contributed by atoms with van der Waals surface area (Å²) in [6.07, 6.45) is -4.33. The van der Waals surface area contributed by atoms with Crippen molar-refractivity contribution in [3.05, 3.63) is 47.0 Å². The molecule has 5 nitrogen and oxygen atoms in total. The van der Waals surface area contributed by atoms with E-state index >= 15 is 0 Å². The molecule has 1 amide bonds. The molecule has 0 unspecified atom stereocenters.